The van der Waals surface area contributed by atoms with Gasteiger partial charge in [-0.1, -0.05) is 6.42 Å². The van der Waals surface area contributed by atoms with E-state index in [-0.39, 0.29) is 5.92 Å². The lowest BCUT2D eigenvalue weighted by Crippen LogP contribution is -2.36. The Morgan fingerprint density at radius 3 is 2.82 bits per heavy atom. The molecule has 0 amide bonds. The first-order valence-corrected chi connectivity index (χ1v) is 7.24. The second kappa shape index (κ2) is 4.96. The van der Waals surface area contributed by atoms with Crippen LogP contribution in [-0.4, -0.2) is 36.6 Å². The summed E-state index contributed by atoms with van der Waals surface area (Å²) in [4.78, 5) is 2.67. The molecule has 0 aromatic rings. The highest BCUT2D eigenvalue weighted by Crippen LogP contribution is 2.32. The van der Waals surface area contributed by atoms with Crippen LogP contribution in [0.1, 0.15) is 38.5 Å². The van der Waals surface area contributed by atoms with Crippen molar-refractivity contribution in [1.29, 1.82) is 5.26 Å². The third-order valence-corrected chi connectivity index (χ3v) is 4.73. The van der Waals surface area contributed by atoms with E-state index in [0.717, 1.165) is 24.9 Å². The standard InChI is InChI=1S/C14H23N3/c15-8-12-2-1-3-14(12)16-9-11-6-7-17(10-11)13-4-5-13/h11-14,16H,1-7,9-10H2. The molecule has 3 aliphatic rings. The number of nitrogens with zero attached hydrogens (tertiary/aromatic N) is 2. The summed E-state index contributed by atoms with van der Waals surface area (Å²) in [6, 6.07) is 3.86. The van der Waals surface area contributed by atoms with Gasteiger partial charge in [0.1, 0.15) is 0 Å². The monoisotopic (exact) mass is 233 g/mol. The van der Waals surface area contributed by atoms with Gasteiger partial charge in [-0.25, -0.2) is 0 Å². The maximum absolute atomic E-state index is 9.05. The molecule has 0 radical (unpaired) electrons. The van der Waals surface area contributed by atoms with Crippen molar-refractivity contribution in [2.24, 2.45) is 11.8 Å². The zero-order chi connectivity index (χ0) is 11.7. The lowest BCUT2D eigenvalue weighted by molar-refractivity contribution is 0.307. The van der Waals surface area contributed by atoms with E-state index >= 15 is 0 Å². The van der Waals surface area contributed by atoms with Crippen molar-refractivity contribution in [2.75, 3.05) is 19.6 Å². The number of rotatable bonds is 4. The number of nitrogens with one attached hydrogen (secondary N) is 1. The molecule has 17 heavy (non-hydrogen) atoms. The van der Waals surface area contributed by atoms with Gasteiger partial charge in [0.05, 0.1) is 12.0 Å². The second-order valence-corrected chi connectivity index (χ2v) is 6.06. The van der Waals surface area contributed by atoms with E-state index in [1.807, 2.05) is 0 Å². The smallest absolute Gasteiger partial charge is 0.0672 e. The molecule has 1 heterocycles. The van der Waals surface area contributed by atoms with Crippen molar-refractivity contribution in [2.45, 2.75) is 50.6 Å². The van der Waals surface area contributed by atoms with Crippen LogP contribution in [0.5, 0.6) is 0 Å². The van der Waals surface area contributed by atoms with Crippen molar-refractivity contribution < 1.29 is 0 Å². The van der Waals surface area contributed by atoms with Crippen molar-refractivity contribution in [1.82, 2.24) is 10.2 Å². The number of hydrogen-bond donors (Lipinski definition) is 1. The van der Waals surface area contributed by atoms with Gasteiger partial charge < -0.3 is 10.2 Å². The first kappa shape index (κ1) is 11.5. The molecule has 2 aliphatic carbocycles. The minimum atomic E-state index is 0.274. The summed E-state index contributed by atoms with van der Waals surface area (Å²) < 4.78 is 0. The van der Waals surface area contributed by atoms with Gasteiger partial charge in [-0.05, 0) is 51.1 Å². The molecule has 3 nitrogen and oxygen atoms in total. The highest BCUT2D eigenvalue weighted by atomic mass is 15.2. The molecule has 3 atom stereocenters. The summed E-state index contributed by atoms with van der Waals surface area (Å²) in [5.74, 6) is 1.10. The molecule has 1 aliphatic heterocycles. The lowest BCUT2D eigenvalue weighted by Gasteiger charge is -2.19. The average Bonchev–Trinajstić information content (AvgIpc) is 2.93. The third kappa shape index (κ3) is 2.64. The molecule has 0 bridgehead atoms. The molecule has 1 saturated heterocycles. The Morgan fingerprint density at radius 1 is 1.18 bits per heavy atom. The van der Waals surface area contributed by atoms with E-state index in [0.29, 0.717) is 6.04 Å². The average molecular weight is 233 g/mol. The Labute approximate surface area is 104 Å². The summed E-state index contributed by atoms with van der Waals surface area (Å²) in [6.07, 6.45) is 7.76. The molecule has 94 valence electrons. The van der Waals surface area contributed by atoms with Crippen LogP contribution < -0.4 is 5.32 Å². The number of likely N-dealkylation sites (tertiary alicyclic amines) is 1. The van der Waals surface area contributed by atoms with E-state index in [4.69, 9.17) is 5.26 Å². The van der Waals surface area contributed by atoms with E-state index in [9.17, 15) is 0 Å². The molecule has 2 saturated carbocycles. The van der Waals surface area contributed by atoms with Gasteiger partial charge in [0, 0.05) is 18.6 Å². The van der Waals surface area contributed by atoms with Crippen molar-refractivity contribution >= 4 is 0 Å². The first-order valence-electron chi connectivity index (χ1n) is 7.24. The van der Waals surface area contributed by atoms with Crippen LogP contribution in [-0.2, 0) is 0 Å². The topological polar surface area (TPSA) is 39.1 Å². The zero-order valence-electron chi connectivity index (χ0n) is 10.6. The molecule has 3 unspecified atom stereocenters. The van der Waals surface area contributed by atoms with Crippen LogP contribution in [0.25, 0.3) is 0 Å². The summed E-state index contributed by atoms with van der Waals surface area (Å²) in [5, 5.41) is 12.7. The lowest BCUT2D eigenvalue weighted by atomic mass is 10.0. The van der Waals surface area contributed by atoms with Crippen LogP contribution in [0.4, 0.5) is 0 Å². The SMILES string of the molecule is N#CC1CCCC1NCC1CCN(C2CC2)C1. The third-order valence-electron chi connectivity index (χ3n) is 4.73. The Hall–Kier alpha value is -0.590. The second-order valence-electron chi connectivity index (χ2n) is 6.06. The molecule has 3 rings (SSSR count). The fraction of sp³-hybridized carbons (Fsp3) is 0.929. The Kier molecular flexibility index (Phi) is 3.35. The zero-order valence-corrected chi connectivity index (χ0v) is 10.6. The van der Waals surface area contributed by atoms with Crippen LogP contribution in [0.15, 0.2) is 0 Å². The van der Waals surface area contributed by atoms with E-state index in [2.05, 4.69) is 16.3 Å². The van der Waals surface area contributed by atoms with Crippen LogP contribution in [0.3, 0.4) is 0 Å². The molecule has 3 fully saturated rings. The summed E-state index contributed by atoms with van der Waals surface area (Å²) in [6.45, 7) is 3.73. The van der Waals surface area contributed by atoms with Gasteiger partial charge in [-0.2, -0.15) is 5.26 Å². The molecular formula is C14H23N3. The van der Waals surface area contributed by atoms with Crippen LogP contribution in [0, 0.1) is 23.2 Å². The molecule has 0 spiro atoms. The molecular weight excluding hydrogens is 210 g/mol. The van der Waals surface area contributed by atoms with Gasteiger partial charge in [0.25, 0.3) is 0 Å². The normalized spacial score (nSPS) is 38.4. The van der Waals surface area contributed by atoms with Gasteiger partial charge in [-0.3, -0.25) is 0 Å². The number of hydrogen-bond acceptors (Lipinski definition) is 3. The maximum atomic E-state index is 9.05. The molecule has 3 heteroatoms. The quantitative estimate of drug-likeness (QED) is 0.804. The van der Waals surface area contributed by atoms with Gasteiger partial charge in [0.15, 0.2) is 0 Å². The Bertz CT molecular complexity index is 305. The van der Waals surface area contributed by atoms with Crippen molar-refractivity contribution in [3.63, 3.8) is 0 Å². The van der Waals surface area contributed by atoms with Gasteiger partial charge in [0.2, 0.25) is 0 Å². The van der Waals surface area contributed by atoms with Crippen molar-refractivity contribution in [3.8, 4) is 6.07 Å². The molecule has 1 N–H and O–H groups in total. The Morgan fingerprint density at radius 2 is 2.06 bits per heavy atom. The largest absolute Gasteiger partial charge is 0.312 e. The minimum Gasteiger partial charge on any atom is -0.312 e. The maximum Gasteiger partial charge on any atom is 0.0672 e. The fourth-order valence-corrected chi connectivity index (χ4v) is 3.48. The fourth-order valence-electron chi connectivity index (χ4n) is 3.48. The van der Waals surface area contributed by atoms with Gasteiger partial charge >= 0.3 is 0 Å². The predicted molar refractivity (Wildman–Crippen MR) is 67.4 cm³/mol. The molecule has 0 aromatic heterocycles. The highest BCUT2D eigenvalue weighted by molar-refractivity contribution is 4.97. The summed E-state index contributed by atoms with van der Waals surface area (Å²) >= 11 is 0. The highest BCUT2D eigenvalue weighted by Gasteiger charge is 2.35. The van der Waals surface area contributed by atoms with Crippen molar-refractivity contribution in [3.05, 3.63) is 0 Å². The van der Waals surface area contributed by atoms with E-state index in [1.54, 1.807) is 0 Å². The minimum absolute atomic E-state index is 0.274. The summed E-state index contributed by atoms with van der Waals surface area (Å²) in [7, 11) is 0. The van der Waals surface area contributed by atoms with Gasteiger partial charge in [-0.15, -0.1) is 0 Å². The summed E-state index contributed by atoms with van der Waals surface area (Å²) in [5.41, 5.74) is 0. The molecule has 0 aromatic carbocycles. The first-order chi connectivity index (χ1) is 8.36. The Balaban J connectivity index is 1.41. The number of nitriles is 1. The van der Waals surface area contributed by atoms with E-state index in [1.165, 1.54) is 45.2 Å². The van der Waals surface area contributed by atoms with E-state index < -0.39 is 0 Å². The van der Waals surface area contributed by atoms with Crippen LogP contribution in [0.2, 0.25) is 0 Å². The predicted octanol–water partition coefficient (Wildman–Crippen LogP) is 1.75. The van der Waals surface area contributed by atoms with Crippen LogP contribution >= 0.6 is 0 Å².